The summed E-state index contributed by atoms with van der Waals surface area (Å²) < 4.78 is 5.33. The van der Waals surface area contributed by atoms with E-state index in [2.05, 4.69) is 26.0 Å². The van der Waals surface area contributed by atoms with Gasteiger partial charge in [0.2, 0.25) is 0 Å². The van der Waals surface area contributed by atoms with Gasteiger partial charge in [-0.2, -0.15) is 0 Å². The summed E-state index contributed by atoms with van der Waals surface area (Å²) in [5, 5.41) is 0. The highest BCUT2D eigenvalue weighted by Crippen LogP contribution is 1.90. The first-order chi connectivity index (χ1) is 5.41. The Morgan fingerprint density at radius 2 is 1.91 bits per heavy atom. The largest absolute Gasteiger partial charge is 0.377 e. The summed E-state index contributed by atoms with van der Waals surface area (Å²) in [4.78, 5) is 0. The Balaban J connectivity index is 2.89. The van der Waals surface area contributed by atoms with Gasteiger partial charge in [-0.3, -0.25) is 0 Å². The van der Waals surface area contributed by atoms with Crippen LogP contribution >= 0.6 is 0 Å². The number of ether oxygens (including phenoxy) is 1. The molecule has 0 saturated carbocycles. The smallest absolute Gasteiger partial charge is 0.0647 e. The third kappa shape index (κ3) is 9.70. The quantitative estimate of drug-likeness (QED) is 0.406. The average molecular weight is 156 g/mol. The second kappa shape index (κ2) is 9.70. The van der Waals surface area contributed by atoms with E-state index in [0.717, 1.165) is 13.2 Å². The summed E-state index contributed by atoms with van der Waals surface area (Å²) in [6.45, 7) is 6.06. The predicted molar refractivity (Wildman–Crippen MR) is 49.8 cm³/mol. The van der Waals surface area contributed by atoms with Crippen molar-refractivity contribution in [2.24, 2.45) is 0 Å². The number of rotatable bonds is 7. The van der Waals surface area contributed by atoms with Gasteiger partial charge in [-0.1, -0.05) is 38.8 Å². The van der Waals surface area contributed by atoms with E-state index in [1.807, 2.05) is 0 Å². The van der Waals surface area contributed by atoms with Gasteiger partial charge >= 0.3 is 0 Å². The highest BCUT2D eigenvalue weighted by molar-refractivity contribution is 4.80. The van der Waals surface area contributed by atoms with Crippen molar-refractivity contribution in [3.8, 4) is 0 Å². The molecule has 1 nitrogen and oxygen atoms in total. The molecule has 0 atom stereocenters. The highest BCUT2D eigenvalue weighted by atomic mass is 16.5. The molecule has 0 aliphatic carbocycles. The van der Waals surface area contributed by atoms with Crippen LogP contribution in [0.15, 0.2) is 12.2 Å². The van der Waals surface area contributed by atoms with E-state index in [-0.39, 0.29) is 0 Å². The number of unbranched alkanes of at least 4 members (excludes halogenated alkanes) is 2. The van der Waals surface area contributed by atoms with Crippen LogP contribution in [0, 0.1) is 0 Å². The molecule has 0 N–H and O–H groups in total. The molecule has 11 heavy (non-hydrogen) atoms. The second-order valence-corrected chi connectivity index (χ2v) is 2.69. The van der Waals surface area contributed by atoms with Gasteiger partial charge in [0, 0.05) is 6.61 Å². The standard InChI is InChI=1S/C10H20O/c1-3-5-7-8-10-11-9-6-4-2/h7-8H,3-6,9-10H2,1-2H3. The number of allylic oxidation sites excluding steroid dienone is 1. The van der Waals surface area contributed by atoms with Crippen molar-refractivity contribution in [2.75, 3.05) is 13.2 Å². The average Bonchev–Trinajstić information content (AvgIpc) is 2.03. The molecule has 0 amide bonds. The van der Waals surface area contributed by atoms with Crippen LogP contribution in [-0.2, 0) is 4.74 Å². The first-order valence-electron chi connectivity index (χ1n) is 4.64. The summed E-state index contributed by atoms with van der Waals surface area (Å²) in [6.07, 6.45) is 9.11. The van der Waals surface area contributed by atoms with Crippen LogP contribution in [0.4, 0.5) is 0 Å². The third-order valence-corrected chi connectivity index (χ3v) is 1.48. The molecule has 0 rings (SSSR count). The molecule has 0 spiro atoms. The van der Waals surface area contributed by atoms with Gasteiger partial charge in [0.05, 0.1) is 6.61 Å². The van der Waals surface area contributed by atoms with E-state index in [4.69, 9.17) is 4.74 Å². The molecule has 66 valence electrons. The molecular weight excluding hydrogens is 136 g/mol. The molecule has 0 aromatic carbocycles. The fraction of sp³-hybridized carbons (Fsp3) is 0.800. The Labute approximate surface area is 70.4 Å². The summed E-state index contributed by atoms with van der Waals surface area (Å²) in [6, 6.07) is 0. The van der Waals surface area contributed by atoms with Crippen LogP contribution in [0.25, 0.3) is 0 Å². The Morgan fingerprint density at radius 1 is 1.09 bits per heavy atom. The second-order valence-electron chi connectivity index (χ2n) is 2.69. The van der Waals surface area contributed by atoms with Crippen LogP contribution in [0.3, 0.4) is 0 Å². The molecular formula is C10H20O. The zero-order valence-corrected chi connectivity index (χ0v) is 7.81. The van der Waals surface area contributed by atoms with Crippen molar-refractivity contribution in [1.82, 2.24) is 0 Å². The molecule has 1 heteroatoms. The molecule has 0 aromatic rings. The lowest BCUT2D eigenvalue weighted by molar-refractivity contribution is 0.159. The third-order valence-electron chi connectivity index (χ3n) is 1.48. The fourth-order valence-electron chi connectivity index (χ4n) is 0.750. The normalized spacial score (nSPS) is 11.1. The molecule has 0 bridgehead atoms. The summed E-state index contributed by atoms with van der Waals surface area (Å²) in [5.41, 5.74) is 0. The highest BCUT2D eigenvalue weighted by Gasteiger charge is 1.81. The van der Waals surface area contributed by atoms with E-state index in [1.54, 1.807) is 0 Å². The summed E-state index contributed by atoms with van der Waals surface area (Å²) >= 11 is 0. The van der Waals surface area contributed by atoms with Gasteiger partial charge in [0.25, 0.3) is 0 Å². The molecule has 0 aromatic heterocycles. The lowest BCUT2D eigenvalue weighted by atomic mass is 10.3. The monoisotopic (exact) mass is 156 g/mol. The molecule has 0 unspecified atom stereocenters. The molecule has 0 heterocycles. The SMILES string of the molecule is CCCC=CCOCCCC. The van der Waals surface area contributed by atoms with E-state index >= 15 is 0 Å². The minimum absolute atomic E-state index is 0.792. The zero-order chi connectivity index (χ0) is 8.36. The minimum Gasteiger partial charge on any atom is -0.377 e. The molecule has 0 saturated heterocycles. The van der Waals surface area contributed by atoms with Crippen LogP contribution < -0.4 is 0 Å². The lowest BCUT2D eigenvalue weighted by Gasteiger charge is -1.97. The summed E-state index contributed by atoms with van der Waals surface area (Å²) in [7, 11) is 0. The van der Waals surface area contributed by atoms with Crippen LogP contribution in [0.1, 0.15) is 39.5 Å². The van der Waals surface area contributed by atoms with Gasteiger partial charge in [-0.25, -0.2) is 0 Å². The van der Waals surface area contributed by atoms with Crippen LogP contribution in [0.2, 0.25) is 0 Å². The predicted octanol–water partition coefficient (Wildman–Crippen LogP) is 3.16. The van der Waals surface area contributed by atoms with Crippen molar-refractivity contribution in [3.05, 3.63) is 12.2 Å². The van der Waals surface area contributed by atoms with E-state index < -0.39 is 0 Å². The van der Waals surface area contributed by atoms with Gasteiger partial charge in [0.15, 0.2) is 0 Å². The fourth-order valence-corrected chi connectivity index (χ4v) is 0.750. The summed E-state index contributed by atoms with van der Waals surface area (Å²) in [5.74, 6) is 0. The molecule has 0 fully saturated rings. The Kier molecular flexibility index (Phi) is 9.44. The Morgan fingerprint density at radius 3 is 2.55 bits per heavy atom. The topological polar surface area (TPSA) is 9.23 Å². The van der Waals surface area contributed by atoms with E-state index in [0.29, 0.717) is 0 Å². The molecule has 0 aliphatic heterocycles. The first kappa shape index (κ1) is 10.7. The minimum atomic E-state index is 0.792. The number of hydrogen-bond acceptors (Lipinski definition) is 1. The molecule has 0 aliphatic rings. The van der Waals surface area contributed by atoms with E-state index in [1.165, 1.54) is 25.7 Å². The van der Waals surface area contributed by atoms with Crippen molar-refractivity contribution in [3.63, 3.8) is 0 Å². The van der Waals surface area contributed by atoms with Crippen molar-refractivity contribution < 1.29 is 4.74 Å². The maximum absolute atomic E-state index is 5.33. The van der Waals surface area contributed by atoms with E-state index in [9.17, 15) is 0 Å². The van der Waals surface area contributed by atoms with Gasteiger partial charge < -0.3 is 4.74 Å². The zero-order valence-electron chi connectivity index (χ0n) is 7.81. The Hall–Kier alpha value is -0.300. The lowest BCUT2D eigenvalue weighted by Crippen LogP contribution is -1.92. The maximum Gasteiger partial charge on any atom is 0.0647 e. The first-order valence-corrected chi connectivity index (χ1v) is 4.64. The van der Waals surface area contributed by atoms with Gasteiger partial charge in [-0.15, -0.1) is 0 Å². The van der Waals surface area contributed by atoms with Crippen molar-refractivity contribution in [1.29, 1.82) is 0 Å². The van der Waals surface area contributed by atoms with Gasteiger partial charge in [0.1, 0.15) is 0 Å². The Bertz CT molecular complexity index is 86.9. The van der Waals surface area contributed by atoms with Gasteiger partial charge in [-0.05, 0) is 12.8 Å². The maximum atomic E-state index is 5.33. The number of hydrogen-bond donors (Lipinski definition) is 0. The van der Waals surface area contributed by atoms with Crippen LogP contribution in [0.5, 0.6) is 0 Å². The van der Waals surface area contributed by atoms with Crippen LogP contribution in [-0.4, -0.2) is 13.2 Å². The molecule has 0 radical (unpaired) electrons. The van der Waals surface area contributed by atoms with Crippen molar-refractivity contribution >= 4 is 0 Å². The van der Waals surface area contributed by atoms with Crippen molar-refractivity contribution in [2.45, 2.75) is 39.5 Å².